The van der Waals surface area contributed by atoms with Gasteiger partial charge in [0.25, 0.3) is 0 Å². The van der Waals surface area contributed by atoms with Crippen LogP contribution in [0.25, 0.3) is 0 Å². The van der Waals surface area contributed by atoms with E-state index in [0.717, 1.165) is 27.9 Å². The Kier molecular flexibility index (Phi) is 4.71. The van der Waals surface area contributed by atoms with E-state index >= 15 is 0 Å². The summed E-state index contributed by atoms with van der Waals surface area (Å²) >= 11 is 5.98. The van der Waals surface area contributed by atoms with Crippen molar-refractivity contribution in [2.75, 3.05) is 19.5 Å². The van der Waals surface area contributed by atoms with Crippen LogP contribution in [0.5, 0.6) is 0 Å². The Labute approximate surface area is 117 Å². The predicted molar refractivity (Wildman–Crippen MR) is 76.5 cm³/mol. The molecule has 1 aromatic carbocycles. The Bertz CT molecular complexity index is 560. The average Bonchev–Trinajstić information content (AvgIpc) is 2.39. The summed E-state index contributed by atoms with van der Waals surface area (Å²) in [6, 6.07) is 9.59. The first-order valence-corrected chi connectivity index (χ1v) is 6.37. The van der Waals surface area contributed by atoms with Gasteiger partial charge >= 0.3 is 0 Å². The number of hydrogen-bond acceptors (Lipinski definition) is 4. The van der Waals surface area contributed by atoms with Gasteiger partial charge in [0, 0.05) is 31.7 Å². The van der Waals surface area contributed by atoms with Crippen LogP contribution in [0.1, 0.15) is 17.1 Å². The highest BCUT2D eigenvalue weighted by atomic mass is 35.5. The number of aromatic nitrogens is 2. The summed E-state index contributed by atoms with van der Waals surface area (Å²) in [6.07, 6.45) is 0.646. The van der Waals surface area contributed by atoms with Crippen molar-refractivity contribution in [3.05, 3.63) is 52.4 Å². The summed E-state index contributed by atoms with van der Waals surface area (Å²) in [7, 11) is 3.49. The molecule has 5 heteroatoms. The number of halogens is 1. The topological polar surface area (TPSA) is 47.0 Å². The molecule has 1 N–H and O–H groups in total. The van der Waals surface area contributed by atoms with Crippen molar-refractivity contribution >= 4 is 17.4 Å². The van der Waals surface area contributed by atoms with Crippen LogP contribution in [0.15, 0.2) is 30.3 Å². The van der Waals surface area contributed by atoms with Crippen molar-refractivity contribution in [3.8, 4) is 0 Å². The van der Waals surface area contributed by atoms with Crippen LogP contribution < -0.4 is 5.32 Å². The number of rotatable bonds is 5. The Morgan fingerprint density at radius 2 is 2.11 bits per heavy atom. The van der Waals surface area contributed by atoms with Gasteiger partial charge < -0.3 is 10.1 Å². The van der Waals surface area contributed by atoms with E-state index in [1.165, 1.54) is 0 Å². The van der Waals surface area contributed by atoms with Crippen LogP contribution in [0.4, 0.5) is 5.82 Å². The molecule has 0 bridgehead atoms. The van der Waals surface area contributed by atoms with Gasteiger partial charge in [0.2, 0.25) is 0 Å². The zero-order valence-corrected chi connectivity index (χ0v) is 11.7. The van der Waals surface area contributed by atoms with Crippen LogP contribution in [0, 0.1) is 0 Å². The van der Waals surface area contributed by atoms with Gasteiger partial charge in [0.1, 0.15) is 11.6 Å². The minimum atomic E-state index is 0.472. The molecule has 0 spiro atoms. The lowest BCUT2D eigenvalue weighted by atomic mass is 10.1. The fraction of sp³-hybridized carbons (Fsp3) is 0.286. The fourth-order valence-electron chi connectivity index (χ4n) is 1.81. The standard InChI is InChI=1S/C14H16ClN3O/c1-16-13-8-12(9-19-2)17-14(18-13)7-10-4-3-5-11(15)6-10/h3-6,8H,7,9H2,1-2H3,(H,16,17,18). The zero-order valence-electron chi connectivity index (χ0n) is 11.0. The maximum absolute atomic E-state index is 5.98. The maximum Gasteiger partial charge on any atom is 0.135 e. The normalized spacial score (nSPS) is 10.5. The Morgan fingerprint density at radius 3 is 2.79 bits per heavy atom. The van der Waals surface area contributed by atoms with Crippen LogP contribution >= 0.6 is 11.6 Å². The minimum absolute atomic E-state index is 0.472. The van der Waals surface area contributed by atoms with Crippen molar-refractivity contribution < 1.29 is 4.74 Å². The van der Waals surface area contributed by atoms with E-state index in [9.17, 15) is 0 Å². The summed E-state index contributed by atoms with van der Waals surface area (Å²) in [6.45, 7) is 0.472. The molecule has 0 saturated heterocycles. The summed E-state index contributed by atoms with van der Waals surface area (Å²) in [4.78, 5) is 8.92. The zero-order chi connectivity index (χ0) is 13.7. The number of anilines is 1. The van der Waals surface area contributed by atoms with Crippen LogP contribution in [0.2, 0.25) is 5.02 Å². The first kappa shape index (κ1) is 13.8. The van der Waals surface area contributed by atoms with E-state index in [1.807, 2.05) is 37.4 Å². The molecule has 0 atom stereocenters. The second-order valence-electron chi connectivity index (χ2n) is 4.15. The van der Waals surface area contributed by atoms with Gasteiger partial charge in [-0.15, -0.1) is 0 Å². The SMILES string of the molecule is CNc1cc(COC)nc(Cc2cccc(Cl)c2)n1. The molecule has 19 heavy (non-hydrogen) atoms. The van der Waals surface area contributed by atoms with E-state index in [1.54, 1.807) is 7.11 Å². The summed E-state index contributed by atoms with van der Waals surface area (Å²) in [5.74, 6) is 1.54. The first-order chi connectivity index (χ1) is 9.21. The van der Waals surface area contributed by atoms with Crippen molar-refractivity contribution in [2.45, 2.75) is 13.0 Å². The van der Waals surface area contributed by atoms with E-state index in [0.29, 0.717) is 13.0 Å². The van der Waals surface area contributed by atoms with Gasteiger partial charge in [-0.1, -0.05) is 23.7 Å². The second kappa shape index (κ2) is 6.50. The molecular formula is C14H16ClN3O. The molecule has 2 aromatic rings. The highest BCUT2D eigenvalue weighted by Gasteiger charge is 2.05. The second-order valence-corrected chi connectivity index (χ2v) is 4.59. The molecule has 0 aliphatic rings. The van der Waals surface area contributed by atoms with Crippen LogP contribution in [-0.4, -0.2) is 24.1 Å². The number of ether oxygens (including phenoxy) is 1. The Hall–Kier alpha value is -1.65. The Morgan fingerprint density at radius 1 is 1.26 bits per heavy atom. The van der Waals surface area contributed by atoms with Crippen molar-refractivity contribution in [1.82, 2.24) is 9.97 Å². The van der Waals surface area contributed by atoms with E-state index in [4.69, 9.17) is 16.3 Å². The number of nitrogens with zero attached hydrogens (tertiary/aromatic N) is 2. The van der Waals surface area contributed by atoms with Gasteiger partial charge in [0.05, 0.1) is 12.3 Å². The number of methoxy groups -OCH3 is 1. The van der Waals surface area contributed by atoms with Crippen LogP contribution in [0.3, 0.4) is 0 Å². The molecule has 2 rings (SSSR count). The average molecular weight is 278 g/mol. The molecule has 4 nitrogen and oxygen atoms in total. The monoisotopic (exact) mass is 277 g/mol. The first-order valence-electron chi connectivity index (χ1n) is 5.99. The molecule has 0 amide bonds. The molecule has 0 fully saturated rings. The van der Waals surface area contributed by atoms with E-state index in [-0.39, 0.29) is 0 Å². The number of benzene rings is 1. The minimum Gasteiger partial charge on any atom is -0.378 e. The molecule has 0 saturated carbocycles. The van der Waals surface area contributed by atoms with Gasteiger partial charge in [0.15, 0.2) is 0 Å². The summed E-state index contributed by atoms with van der Waals surface area (Å²) in [5, 5.41) is 3.75. The number of hydrogen-bond donors (Lipinski definition) is 1. The van der Waals surface area contributed by atoms with Gasteiger partial charge in [-0.05, 0) is 17.7 Å². The van der Waals surface area contributed by atoms with Crippen molar-refractivity contribution in [2.24, 2.45) is 0 Å². The molecular weight excluding hydrogens is 262 g/mol. The van der Waals surface area contributed by atoms with Crippen molar-refractivity contribution in [3.63, 3.8) is 0 Å². The van der Waals surface area contributed by atoms with E-state index in [2.05, 4.69) is 15.3 Å². The molecule has 1 aromatic heterocycles. The Balaban J connectivity index is 2.26. The third-order valence-corrected chi connectivity index (χ3v) is 2.86. The lowest BCUT2D eigenvalue weighted by Gasteiger charge is -2.07. The lowest BCUT2D eigenvalue weighted by Crippen LogP contribution is -2.05. The molecule has 0 radical (unpaired) electrons. The van der Waals surface area contributed by atoms with Gasteiger partial charge in [-0.3, -0.25) is 0 Å². The smallest absolute Gasteiger partial charge is 0.135 e. The number of nitrogens with one attached hydrogen (secondary N) is 1. The molecule has 0 unspecified atom stereocenters. The molecule has 100 valence electrons. The van der Waals surface area contributed by atoms with Gasteiger partial charge in [-0.2, -0.15) is 0 Å². The fourth-order valence-corrected chi connectivity index (χ4v) is 2.02. The lowest BCUT2D eigenvalue weighted by molar-refractivity contribution is 0.181. The maximum atomic E-state index is 5.98. The van der Waals surface area contributed by atoms with Gasteiger partial charge in [-0.25, -0.2) is 9.97 Å². The van der Waals surface area contributed by atoms with E-state index < -0.39 is 0 Å². The largest absolute Gasteiger partial charge is 0.378 e. The molecule has 0 aliphatic carbocycles. The third-order valence-electron chi connectivity index (χ3n) is 2.63. The third kappa shape index (κ3) is 3.91. The molecule has 0 aliphatic heterocycles. The van der Waals surface area contributed by atoms with Crippen molar-refractivity contribution in [1.29, 1.82) is 0 Å². The quantitative estimate of drug-likeness (QED) is 0.913. The highest BCUT2D eigenvalue weighted by molar-refractivity contribution is 6.30. The van der Waals surface area contributed by atoms with Crippen LogP contribution in [-0.2, 0) is 17.8 Å². The predicted octanol–water partition coefficient (Wildman–Crippen LogP) is 2.91. The summed E-state index contributed by atoms with van der Waals surface area (Å²) in [5.41, 5.74) is 1.95. The summed E-state index contributed by atoms with van der Waals surface area (Å²) < 4.78 is 5.11. The highest BCUT2D eigenvalue weighted by Crippen LogP contribution is 2.15. The molecule has 1 heterocycles.